The van der Waals surface area contributed by atoms with Crippen LogP contribution in [0.3, 0.4) is 0 Å². The van der Waals surface area contributed by atoms with Gasteiger partial charge in [0.25, 0.3) is 5.91 Å². The van der Waals surface area contributed by atoms with Crippen LogP contribution in [-0.4, -0.2) is 31.6 Å². The minimum Gasteiger partial charge on any atom is -0.493 e. The third-order valence-electron chi connectivity index (χ3n) is 4.06. The summed E-state index contributed by atoms with van der Waals surface area (Å²) in [7, 11) is 3.02. The second-order valence-electron chi connectivity index (χ2n) is 5.59. The Morgan fingerprint density at radius 3 is 2.36 bits per heavy atom. The predicted octanol–water partition coefficient (Wildman–Crippen LogP) is 2.93. The van der Waals surface area contributed by atoms with E-state index in [1.54, 1.807) is 37.3 Å². The van der Waals surface area contributed by atoms with Gasteiger partial charge in [-0.3, -0.25) is 9.59 Å². The fraction of sp³-hybridized carbons (Fsp3) is 0.211. The topological polar surface area (TPSA) is 68.2 Å². The molecule has 1 aliphatic heterocycles. The van der Waals surface area contributed by atoms with Crippen molar-refractivity contribution in [2.75, 3.05) is 19.2 Å². The van der Waals surface area contributed by atoms with Gasteiger partial charge in [-0.05, 0) is 37.3 Å². The van der Waals surface area contributed by atoms with Gasteiger partial charge in [0.1, 0.15) is 5.92 Å². The number of carbonyl (C=O) groups is 2. The zero-order valence-corrected chi connectivity index (χ0v) is 14.2. The van der Waals surface area contributed by atoms with Crippen LogP contribution in [0.2, 0.25) is 0 Å². The smallest absolute Gasteiger partial charge is 0.264 e. The molecule has 0 aliphatic carbocycles. The third-order valence-corrected chi connectivity index (χ3v) is 4.06. The van der Waals surface area contributed by atoms with Gasteiger partial charge in [0.2, 0.25) is 0 Å². The summed E-state index contributed by atoms with van der Waals surface area (Å²) in [5.74, 6) is -0.645. The minimum atomic E-state index is -0.932. The molecule has 1 heterocycles. The van der Waals surface area contributed by atoms with E-state index in [0.717, 1.165) is 0 Å². The van der Waals surface area contributed by atoms with Gasteiger partial charge < -0.3 is 9.47 Å². The Balaban J connectivity index is 1.91. The van der Waals surface area contributed by atoms with E-state index in [4.69, 9.17) is 9.47 Å². The van der Waals surface area contributed by atoms with E-state index in [1.165, 1.54) is 19.2 Å². The van der Waals surface area contributed by atoms with Crippen LogP contribution in [0, 0.1) is 5.92 Å². The molecule has 1 unspecified atom stereocenters. The minimum absolute atomic E-state index is 0.314. The van der Waals surface area contributed by atoms with Gasteiger partial charge in [0.05, 0.1) is 25.6 Å². The highest BCUT2D eigenvalue weighted by molar-refractivity contribution is 6.30. The van der Waals surface area contributed by atoms with Crippen LogP contribution >= 0.6 is 0 Å². The molecule has 128 valence electrons. The van der Waals surface area contributed by atoms with E-state index in [-0.39, 0.29) is 11.7 Å². The number of amides is 1. The summed E-state index contributed by atoms with van der Waals surface area (Å²) in [4.78, 5) is 25.6. The first-order valence-electron chi connectivity index (χ1n) is 7.77. The van der Waals surface area contributed by atoms with Crippen molar-refractivity contribution >= 4 is 23.1 Å². The van der Waals surface area contributed by atoms with Crippen molar-refractivity contribution in [3.8, 4) is 11.5 Å². The average molecular weight is 338 g/mol. The summed E-state index contributed by atoms with van der Waals surface area (Å²) >= 11 is 0. The molecule has 2 aromatic carbocycles. The van der Waals surface area contributed by atoms with Gasteiger partial charge in [-0.15, -0.1) is 0 Å². The SMILES string of the molecule is COc1ccc(C(=O)C2C(=O)N(c3ccccc3)N=C2C)cc1OC. The molecule has 0 saturated heterocycles. The molecule has 3 rings (SSSR count). The molecule has 25 heavy (non-hydrogen) atoms. The molecule has 0 N–H and O–H groups in total. The second kappa shape index (κ2) is 6.76. The van der Waals surface area contributed by atoms with Crippen molar-refractivity contribution in [1.82, 2.24) is 0 Å². The van der Waals surface area contributed by atoms with Crippen molar-refractivity contribution in [1.29, 1.82) is 0 Å². The molecule has 6 nitrogen and oxygen atoms in total. The van der Waals surface area contributed by atoms with Crippen molar-refractivity contribution in [2.24, 2.45) is 11.0 Å². The highest BCUT2D eigenvalue weighted by Crippen LogP contribution is 2.31. The van der Waals surface area contributed by atoms with Crippen LogP contribution in [0.15, 0.2) is 53.6 Å². The number of rotatable bonds is 5. The third kappa shape index (κ3) is 2.98. The summed E-state index contributed by atoms with van der Waals surface area (Å²) < 4.78 is 10.4. The number of benzene rings is 2. The van der Waals surface area contributed by atoms with Gasteiger partial charge >= 0.3 is 0 Å². The van der Waals surface area contributed by atoms with E-state index in [1.807, 2.05) is 18.2 Å². The maximum absolute atomic E-state index is 12.9. The van der Waals surface area contributed by atoms with Gasteiger partial charge in [0.15, 0.2) is 17.3 Å². The Labute approximate surface area is 145 Å². The quantitative estimate of drug-likeness (QED) is 0.621. The maximum atomic E-state index is 12.9. The standard InChI is InChI=1S/C19H18N2O4/c1-12-17(19(23)21(20-12)14-7-5-4-6-8-14)18(22)13-9-10-15(24-2)16(11-13)25-3/h4-11,17H,1-3H3. The van der Waals surface area contributed by atoms with E-state index in [2.05, 4.69) is 5.10 Å². The summed E-state index contributed by atoms with van der Waals surface area (Å²) in [6, 6.07) is 13.9. The lowest BCUT2D eigenvalue weighted by molar-refractivity contribution is -0.118. The molecule has 0 radical (unpaired) electrons. The molecule has 1 amide bonds. The van der Waals surface area contributed by atoms with Gasteiger partial charge in [-0.25, -0.2) is 0 Å². The molecule has 0 fully saturated rings. The number of hydrogen-bond donors (Lipinski definition) is 0. The fourth-order valence-electron chi connectivity index (χ4n) is 2.78. The Hall–Kier alpha value is -3.15. The van der Waals surface area contributed by atoms with Crippen molar-refractivity contribution < 1.29 is 19.1 Å². The Kier molecular flexibility index (Phi) is 4.52. The van der Waals surface area contributed by atoms with E-state index >= 15 is 0 Å². The molecule has 0 saturated carbocycles. The Morgan fingerprint density at radius 1 is 1.04 bits per heavy atom. The largest absolute Gasteiger partial charge is 0.493 e. The molecular weight excluding hydrogens is 320 g/mol. The lowest BCUT2D eigenvalue weighted by Gasteiger charge is -2.14. The number of carbonyl (C=O) groups excluding carboxylic acids is 2. The van der Waals surface area contributed by atoms with Crippen LogP contribution in [0.5, 0.6) is 11.5 Å². The average Bonchev–Trinajstić information content (AvgIpc) is 2.95. The highest BCUT2D eigenvalue weighted by Gasteiger charge is 2.40. The highest BCUT2D eigenvalue weighted by atomic mass is 16.5. The van der Waals surface area contributed by atoms with Gasteiger partial charge in [0, 0.05) is 5.56 Å². The summed E-state index contributed by atoms with van der Waals surface area (Å²) in [6.45, 7) is 1.68. The number of hydrazone groups is 1. The lowest BCUT2D eigenvalue weighted by Crippen LogP contribution is -2.32. The second-order valence-corrected chi connectivity index (χ2v) is 5.59. The molecule has 1 aliphatic rings. The van der Waals surface area contributed by atoms with Crippen LogP contribution in [0.25, 0.3) is 0 Å². The molecule has 2 aromatic rings. The molecule has 6 heteroatoms. The summed E-state index contributed by atoms with van der Waals surface area (Å²) in [6.07, 6.45) is 0. The molecule has 0 aromatic heterocycles. The van der Waals surface area contributed by atoms with Crippen molar-refractivity contribution in [2.45, 2.75) is 6.92 Å². The molecule has 0 spiro atoms. The number of anilines is 1. The monoisotopic (exact) mass is 338 g/mol. The van der Waals surface area contributed by atoms with Crippen molar-refractivity contribution in [3.63, 3.8) is 0 Å². The first kappa shape index (κ1) is 16.7. The first-order chi connectivity index (χ1) is 12.1. The van der Waals surface area contributed by atoms with E-state index in [9.17, 15) is 9.59 Å². The van der Waals surface area contributed by atoms with Gasteiger partial charge in [-0.2, -0.15) is 10.1 Å². The van der Waals surface area contributed by atoms with E-state index < -0.39 is 5.92 Å². The van der Waals surface area contributed by atoms with Crippen LogP contribution < -0.4 is 14.5 Å². The normalized spacial score (nSPS) is 16.6. The van der Waals surface area contributed by atoms with Gasteiger partial charge in [-0.1, -0.05) is 18.2 Å². The maximum Gasteiger partial charge on any atom is 0.264 e. The summed E-state index contributed by atoms with van der Waals surface area (Å²) in [5.41, 5.74) is 1.48. The van der Waals surface area contributed by atoms with Crippen molar-refractivity contribution in [3.05, 3.63) is 54.1 Å². The number of nitrogens with zero attached hydrogens (tertiary/aromatic N) is 2. The van der Waals surface area contributed by atoms with Crippen LogP contribution in [0.1, 0.15) is 17.3 Å². The number of methoxy groups -OCH3 is 2. The molecule has 1 atom stereocenters. The predicted molar refractivity (Wildman–Crippen MR) is 94.4 cm³/mol. The fourth-order valence-corrected chi connectivity index (χ4v) is 2.78. The lowest BCUT2D eigenvalue weighted by atomic mass is 9.93. The van der Waals surface area contributed by atoms with Crippen LogP contribution in [-0.2, 0) is 4.79 Å². The van der Waals surface area contributed by atoms with E-state index in [0.29, 0.717) is 28.5 Å². The zero-order valence-electron chi connectivity index (χ0n) is 14.2. The Bertz CT molecular complexity index is 846. The Morgan fingerprint density at radius 2 is 1.72 bits per heavy atom. The zero-order chi connectivity index (χ0) is 18.0. The summed E-state index contributed by atoms with van der Waals surface area (Å²) in [5, 5.41) is 5.54. The number of hydrogen-bond acceptors (Lipinski definition) is 5. The first-order valence-corrected chi connectivity index (χ1v) is 7.77. The number of Topliss-reactive ketones (excluding diaryl/α,β-unsaturated/α-hetero) is 1. The number of ketones is 1. The van der Waals surface area contributed by atoms with Crippen LogP contribution in [0.4, 0.5) is 5.69 Å². The molecular formula is C19H18N2O4. The molecule has 0 bridgehead atoms. The number of ether oxygens (including phenoxy) is 2. The number of para-hydroxylation sites is 1.